The van der Waals surface area contributed by atoms with Gasteiger partial charge in [-0.25, -0.2) is 0 Å². The molecule has 0 nitrogen and oxygen atoms in total. The number of rotatable bonds is 3. The van der Waals surface area contributed by atoms with Crippen LogP contribution in [-0.2, 0) is 0 Å². The Morgan fingerprint density at radius 3 is 2.44 bits per heavy atom. The van der Waals surface area contributed by atoms with E-state index in [0.29, 0.717) is 10.8 Å². The van der Waals surface area contributed by atoms with Crippen molar-refractivity contribution in [1.29, 1.82) is 0 Å². The van der Waals surface area contributed by atoms with E-state index in [9.17, 15) is 0 Å². The van der Waals surface area contributed by atoms with E-state index in [0.717, 1.165) is 35.5 Å². The Balaban J connectivity index is 1.64. The third-order valence-electron chi connectivity index (χ3n) is 10.2. The van der Waals surface area contributed by atoms with Crippen LogP contribution in [0.5, 0.6) is 0 Å². The average Bonchev–Trinajstić information content (AvgIpc) is 2.92. The fraction of sp³-hybridized carbons (Fsp3) is 0.920. The highest BCUT2D eigenvalue weighted by atomic mass is 14.6. The van der Waals surface area contributed by atoms with Gasteiger partial charge >= 0.3 is 0 Å². The third kappa shape index (κ3) is 2.52. The van der Waals surface area contributed by atoms with Crippen molar-refractivity contribution in [2.24, 2.45) is 46.3 Å². The minimum atomic E-state index is 0.557. The largest absolute Gasteiger partial charge is 0.0845 e. The zero-order chi connectivity index (χ0) is 17.8. The lowest BCUT2D eigenvalue weighted by Crippen LogP contribution is -2.50. The van der Waals surface area contributed by atoms with Crippen LogP contribution < -0.4 is 0 Å². The number of allylic oxidation sites excluding steroid dienone is 2. The van der Waals surface area contributed by atoms with E-state index >= 15 is 0 Å². The van der Waals surface area contributed by atoms with Crippen LogP contribution in [0.15, 0.2) is 11.6 Å². The Morgan fingerprint density at radius 2 is 1.76 bits per heavy atom. The molecule has 0 N–H and O–H groups in total. The smallest absolute Gasteiger partial charge is 0.00851 e. The molecular formula is C25H42. The molecule has 0 aromatic carbocycles. The quantitative estimate of drug-likeness (QED) is 0.462. The van der Waals surface area contributed by atoms with E-state index in [2.05, 4.69) is 40.7 Å². The van der Waals surface area contributed by atoms with Crippen molar-refractivity contribution < 1.29 is 0 Å². The molecule has 0 aliphatic heterocycles. The van der Waals surface area contributed by atoms with Crippen molar-refractivity contribution in [3.8, 4) is 0 Å². The summed E-state index contributed by atoms with van der Waals surface area (Å²) in [6, 6.07) is 0. The van der Waals surface area contributed by atoms with Gasteiger partial charge in [-0.2, -0.15) is 0 Å². The molecule has 0 heterocycles. The van der Waals surface area contributed by atoms with Gasteiger partial charge in [-0.3, -0.25) is 0 Å². The molecular weight excluding hydrogens is 300 g/mol. The monoisotopic (exact) mass is 342 g/mol. The van der Waals surface area contributed by atoms with Crippen LogP contribution in [0.3, 0.4) is 0 Å². The van der Waals surface area contributed by atoms with Crippen LogP contribution in [0, 0.1) is 46.3 Å². The lowest BCUT2D eigenvalue weighted by molar-refractivity contribution is -0.0456. The normalized spacial score (nSPS) is 52.1. The molecule has 0 saturated heterocycles. The van der Waals surface area contributed by atoms with Gasteiger partial charge in [-0.05, 0) is 91.3 Å². The van der Waals surface area contributed by atoms with Gasteiger partial charge in [0.1, 0.15) is 0 Å². The standard InChI is InChI=1S/C25H42/c1-6-17-11-13-24(4)19(15-17)9-10-20-22(24)12-14-25(5)21(8-3)18(7-2)16-23(20)25/h9,17-18,20-23H,6-8,10-16H2,1-5H3. The second kappa shape index (κ2) is 6.42. The van der Waals surface area contributed by atoms with Crippen LogP contribution in [-0.4, -0.2) is 0 Å². The Kier molecular flexibility index (Phi) is 4.65. The van der Waals surface area contributed by atoms with Crippen molar-refractivity contribution in [3.63, 3.8) is 0 Å². The molecule has 8 atom stereocenters. The van der Waals surface area contributed by atoms with Crippen molar-refractivity contribution in [2.75, 3.05) is 0 Å². The fourth-order valence-electron chi connectivity index (χ4n) is 8.62. The number of fused-ring (bicyclic) bond motifs is 5. The predicted octanol–water partition coefficient (Wildman–Crippen LogP) is 7.64. The molecule has 0 aromatic heterocycles. The third-order valence-corrected chi connectivity index (χ3v) is 10.2. The molecule has 4 aliphatic carbocycles. The lowest BCUT2D eigenvalue weighted by Gasteiger charge is -2.58. The highest BCUT2D eigenvalue weighted by Crippen LogP contribution is 2.68. The highest BCUT2D eigenvalue weighted by Gasteiger charge is 2.59. The van der Waals surface area contributed by atoms with E-state index < -0.39 is 0 Å². The fourth-order valence-corrected chi connectivity index (χ4v) is 8.62. The van der Waals surface area contributed by atoms with Gasteiger partial charge in [0, 0.05) is 0 Å². The first-order valence-electron chi connectivity index (χ1n) is 11.7. The molecule has 3 saturated carbocycles. The Hall–Kier alpha value is -0.260. The Labute approximate surface area is 157 Å². The van der Waals surface area contributed by atoms with E-state index in [-0.39, 0.29) is 0 Å². The summed E-state index contributed by atoms with van der Waals surface area (Å²) in [5.41, 5.74) is 3.09. The molecule has 0 spiro atoms. The maximum atomic E-state index is 2.76. The molecule has 4 rings (SSSR count). The highest BCUT2D eigenvalue weighted by molar-refractivity contribution is 5.25. The van der Waals surface area contributed by atoms with Gasteiger partial charge < -0.3 is 0 Å². The molecule has 142 valence electrons. The van der Waals surface area contributed by atoms with Crippen molar-refractivity contribution in [3.05, 3.63) is 11.6 Å². The zero-order valence-electron chi connectivity index (χ0n) is 17.6. The zero-order valence-corrected chi connectivity index (χ0v) is 17.6. The van der Waals surface area contributed by atoms with Gasteiger partial charge in [-0.1, -0.05) is 65.5 Å². The lowest BCUT2D eigenvalue weighted by atomic mass is 9.47. The summed E-state index contributed by atoms with van der Waals surface area (Å²) in [6.45, 7) is 12.7. The molecule has 0 radical (unpaired) electrons. The Morgan fingerprint density at radius 1 is 0.960 bits per heavy atom. The van der Waals surface area contributed by atoms with E-state index in [1.807, 2.05) is 5.57 Å². The Bertz CT molecular complexity index is 530. The van der Waals surface area contributed by atoms with Gasteiger partial charge in [0.25, 0.3) is 0 Å². The summed E-state index contributed by atoms with van der Waals surface area (Å²) in [7, 11) is 0. The van der Waals surface area contributed by atoms with E-state index in [1.54, 1.807) is 6.42 Å². The average molecular weight is 343 g/mol. The van der Waals surface area contributed by atoms with Crippen molar-refractivity contribution in [1.82, 2.24) is 0 Å². The molecule has 0 amide bonds. The summed E-state index contributed by atoms with van der Waals surface area (Å²) in [4.78, 5) is 0. The minimum absolute atomic E-state index is 0.557. The molecule has 0 bridgehead atoms. The number of hydrogen-bond acceptors (Lipinski definition) is 0. The SMILES string of the molecule is CCC1CCC2(C)C(=CCC3C2CCC2(C)C(CC)C(CC)CC32)C1. The van der Waals surface area contributed by atoms with Gasteiger partial charge in [-0.15, -0.1) is 0 Å². The van der Waals surface area contributed by atoms with Gasteiger partial charge in [0.2, 0.25) is 0 Å². The topological polar surface area (TPSA) is 0 Å². The molecule has 0 aromatic rings. The first-order chi connectivity index (χ1) is 12.0. The summed E-state index contributed by atoms with van der Waals surface area (Å²) in [6.07, 6.45) is 17.4. The molecule has 0 heteroatoms. The summed E-state index contributed by atoms with van der Waals surface area (Å²) in [5, 5.41) is 0. The second-order valence-electron chi connectivity index (χ2n) is 10.7. The summed E-state index contributed by atoms with van der Waals surface area (Å²) >= 11 is 0. The van der Waals surface area contributed by atoms with Crippen LogP contribution in [0.1, 0.15) is 98.8 Å². The van der Waals surface area contributed by atoms with Crippen molar-refractivity contribution >= 4 is 0 Å². The van der Waals surface area contributed by atoms with Crippen LogP contribution >= 0.6 is 0 Å². The van der Waals surface area contributed by atoms with Crippen LogP contribution in [0.25, 0.3) is 0 Å². The summed E-state index contributed by atoms with van der Waals surface area (Å²) < 4.78 is 0. The predicted molar refractivity (Wildman–Crippen MR) is 108 cm³/mol. The van der Waals surface area contributed by atoms with E-state index in [4.69, 9.17) is 0 Å². The first-order valence-corrected chi connectivity index (χ1v) is 11.7. The number of hydrogen-bond donors (Lipinski definition) is 0. The minimum Gasteiger partial charge on any atom is -0.0845 e. The first kappa shape index (κ1) is 18.1. The summed E-state index contributed by atoms with van der Waals surface area (Å²) in [5.74, 6) is 5.99. The van der Waals surface area contributed by atoms with Crippen LogP contribution in [0.4, 0.5) is 0 Å². The van der Waals surface area contributed by atoms with Crippen molar-refractivity contribution in [2.45, 2.75) is 98.8 Å². The molecule has 3 fully saturated rings. The van der Waals surface area contributed by atoms with Gasteiger partial charge in [0.15, 0.2) is 0 Å². The molecule has 4 aliphatic rings. The molecule has 8 unspecified atom stereocenters. The maximum absolute atomic E-state index is 2.76. The molecule has 25 heavy (non-hydrogen) atoms. The second-order valence-corrected chi connectivity index (χ2v) is 10.7. The maximum Gasteiger partial charge on any atom is -0.00851 e. The van der Waals surface area contributed by atoms with Gasteiger partial charge in [0.05, 0.1) is 0 Å². The van der Waals surface area contributed by atoms with Crippen LogP contribution in [0.2, 0.25) is 0 Å². The van der Waals surface area contributed by atoms with E-state index in [1.165, 1.54) is 57.8 Å².